The van der Waals surface area contributed by atoms with Gasteiger partial charge in [-0.2, -0.15) is 13.5 Å². The normalized spacial score (nSPS) is 15.3. The third kappa shape index (κ3) is 12.1. The molecule has 0 aromatic heterocycles. The molecule has 0 spiro atoms. The molecule has 1 heterocycles. The molecule has 2 aromatic carbocycles. The highest BCUT2D eigenvalue weighted by Crippen LogP contribution is 2.20. The number of hydrogen-bond donors (Lipinski definition) is 5. The zero-order chi connectivity index (χ0) is 29.3. The third-order valence-corrected chi connectivity index (χ3v) is 6.48. The van der Waals surface area contributed by atoms with Crippen LogP contribution in [0.3, 0.4) is 0 Å². The van der Waals surface area contributed by atoms with Crippen LogP contribution in [0.1, 0.15) is 36.8 Å². The minimum atomic E-state index is -1.74. The van der Waals surface area contributed by atoms with Gasteiger partial charge in [0, 0.05) is 33.8 Å². The van der Waals surface area contributed by atoms with E-state index in [0.717, 1.165) is 18.2 Å². The standard InChI is InChI=1S/C27H36BN3O7.CH4O.H2S/c1-37-17-9-15-24(28(35)36)30-25(32)23-14-8-16-31(23)26(33)22(18-20-10-4-2-5-11-20)29-27(34)38-19-21-12-6-3-7-13-21;1-2;/h2-7,10-13,22-24,35-36H,8-9,14-19H2,1H3,(H,29,34)(H,30,32);2H,1H3;1H2/t22-,23?,24-;;/m1../s1. The molecular formula is C28H42BN3O8S. The fourth-order valence-electron chi connectivity index (χ4n) is 4.48. The molecule has 3 atom stereocenters. The smallest absolute Gasteiger partial charge is 0.445 e. The number of nitrogens with zero attached hydrogens (tertiary/aromatic N) is 1. The number of ether oxygens (including phenoxy) is 2. The van der Waals surface area contributed by atoms with Crippen molar-refractivity contribution in [3.05, 3.63) is 71.8 Å². The van der Waals surface area contributed by atoms with Crippen LogP contribution in [-0.2, 0) is 32.1 Å². The van der Waals surface area contributed by atoms with E-state index in [4.69, 9.17) is 14.6 Å². The number of carbonyl (C=O) groups excluding carboxylic acids is 3. The summed E-state index contributed by atoms with van der Waals surface area (Å²) in [5.41, 5.74) is 1.66. The molecule has 0 radical (unpaired) electrons. The molecule has 3 rings (SSSR count). The van der Waals surface area contributed by atoms with Crippen LogP contribution in [-0.4, -0.2) is 90.5 Å². The van der Waals surface area contributed by atoms with Gasteiger partial charge in [-0.05, 0) is 36.8 Å². The number of benzene rings is 2. The zero-order valence-corrected chi connectivity index (χ0v) is 24.6. The highest BCUT2D eigenvalue weighted by Gasteiger charge is 2.39. The fourth-order valence-corrected chi connectivity index (χ4v) is 4.48. The predicted molar refractivity (Wildman–Crippen MR) is 160 cm³/mol. The Morgan fingerprint density at radius 1 is 1.00 bits per heavy atom. The van der Waals surface area contributed by atoms with Crippen molar-refractivity contribution in [1.29, 1.82) is 0 Å². The Morgan fingerprint density at radius 3 is 2.20 bits per heavy atom. The molecular weight excluding hydrogens is 549 g/mol. The average Bonchev–Trinajstić information content (AvgIpc) is 3.47. The monoisotopic (exact) mass is 591 g/mol. The molecule has 5 N–H and O–H groups in total. The van der Waals surface area contributed by atoms with Gasteiger partial charge in [0.15, 0.2) is 0 Å². The number of nitrogens with one attached hydrogen (secondary N) is 2. The molecule has 226 valence electrons. The highest BCUT2D eigenvalue weighted by atomic mass is 32.1. The maximum Gasteiger partial charge on any atom is 0.475 e. The van der Waals surface area contributed by atoms with E-state index in [2.05, 4.69) is 10.6 Å². The molecule has 3 amide bonds. The van der Waals surface area contributed by atoms with Gasteiger partial charge in [0.1, 0.15) is 18.7 Å². The van der Waals surface area contributed by atoms with Crippen LogP contribution in [0.25, 0.3) is 0 Å². The van der Waals surface area contributed by atoms with Crippen molar-refractivity contribution in [2.45, 2.75) is 56.7 Å². The van der Waals surface area contributed by atoms with Crippen LogP contribution in [0, 0.1) is 0 Å². The van der Waals surface area contributed by atoms with Crippen molar-refractivity contribution in [2.75, 3.05) is 27.4 Å². The summed E-state index contributed by atoms with van der Waals surface area (Å²) in [7, 11) is 0.802. The Kier molecular flexibility index (Phi) is 17.4. The van der Waals surface area contributed by atoms with E-state index in [1.54, 1.807) is 7.11 Å². The van der Waals surface area contributed by atoms with Crippen LogP contribution >= 0.6 is 13.5 Å². The number of methoxy groups -OCH3 is 1. The number of aliphatic hydroxyl groups is 1. The number of rotatable bonds is 13. The van der Waals surface area contributed by atoms with E-state index in [0.29, 0.717) is 38.8 Å². The second-order valence-electron chi connectivity index (χ2n) is 9.30. The van der Waals surface area contributed by atoms with Crippen molar-refractivity contribution in [1.82, 2.24) is 15.5 Å². The Balaban J connectivity index is 0.00000274. The molecule has 1 unspecified atom stereocenters. The first-order valence-electron chi connectivity index (χ1n) is 13.3. The van der Waals surface area contributed by atoms with E-state index in [1.165, 1.54) is 4.90 Å². The molecule has 1 saturated heterocycles. The van der Waals surface area contributed by atoms with Gasteiger partial charge in [0.25, 0.3) is 0 Å². The molecule has 0 aliphatic carbocycles. The quantitative estimate of drug-likeness (QED) is 0.172. The molecule has 2 aromatic rings. The van der Waals surface area contributed by atoms with Gasteiger partial charge < -0.3 is 40.2 Å². The van der Waals surface area contributed by atoms with Gasteiger partial charge >= 0.3 is 13.2 Å². The van der Waals surface area contributed by atoms with Crippen molar-refractivity contribution < 1.29 is 39.0 Å². The van der Waals surface area contributed by atoms with Gasteiger partial charge in [-0.25, -0.2) is 4.79 Å². The maximum absolute atomic E-state index is 13.7. The number of likely N-dealkylation sites (tertiary alicyclic amines) is 1. The Hall–Kier alpha value is -3.10. The SMILES string of the molecule is CO.COCCC[C@@H](NC(=O)C1CCCN1C(=O)[C@@H](Cc1ccccc1)NC(=O)OCc1ccccc1)B(O)O.S. The Morgan fingerprint density at radius 2 is 1.61 bits per heavy atom. The van der Waals surface area contributed by atoms with Crippen LogP contribution in [0.2, 0.25) is 0 Å². The summed E-state index contributed by atoms with van der Waals surface area (Å²) in [6.07, 6.45) is 1.37. The predicted octanol–water partition coefficient (Wildman–Crippen LogP) is 1.16. The number of hydrogen-bond acceptors (Lipinski definition) is 8. The first kappa shape index (κ1) is 35.9. The van der Waals surface area contributed by atoms with E-state index < -0.39 is 43.1 Å². The lowest BCUT2D eigenvalue weighted by atomic mass is 9.76. The molecule has 1 aliphatic rings. The van der Waals surface area contributed by atoms with Crippen LogP contribution in [0.5, 0.6) is 0 Å². The van der Waals surface area contributed by atoms with Crippen LogP contribution in [0.4, 0.5) is 4.79 Å². The van der Waals surface area contributed by atoms with Crippen molar-refractivity contribution in [3.8, 4) is 0 Å². The minimum Gasteiger partial charge on any atom is -0.445 e. The van der Waals surface area contributed by atoms with E-state index in [9.17, 15) is 24.4 Å². The van der Waals surface area contributed by atoms with Crippen LogP contribution < -0.4 is 10.6 Å². The lowest BCUT2D eigenvalue weighted by Crippen LogP contribution is -2.56. The second-order valence-corrected chi connectivity index (χ2v) is 9.30. The zero-order valence-electron chi connectivity index (χ0n) is 23.6. The summed E-state index contributed by atoms with van der Waals surface area (Å²) in [6.45, 7) is 0.820. The summed E-state index contributed by atoms with van der Waals surface area (Å²) in [4.78, 5) is 40.9. The maximum atomic E-state index is 13.7. The first-order chi connectivity index (χ1) is 19.4. The fraction of sp³-hybridized carbons (Fsp3) is 0.464. The Bertz CT molecular complexity index is 1040. The van der Waals surface area contributed by atoms with Crippen molar-refractivity contribution in [2.24, 2.45) is 0 Å². The van der Waals surface area contributed by atoms with Gasteiger partial charge in [0.2, 0.25) is 11.8 Å². The second kappa shape index (κ2) is 19.9. The summed E-state index contributed by atoms with van der Waals surface area (Å²) < 4.78 is 10.3. The highest BCUT2D eigenvalue weighted by molar-refractivity contribution is 7.59. The van der Waals surface area contributed by atoms with Gasteiger partial charge in [0.05, 0.1) is 5.94 Å². The molecule has 1 fully saturated rings. The number of amides is 3. The molecule has 0 bridgehead atoms. The molecule has 13 heteroatoms. The average molecular weight is 592 g/mol. The van der Waals surface area contributed by atoms with E-state index >= 15 is 0 Å². The molecule has 1 aliphatic heterocycles. The Labute approximate surface area is 248 Å². The summed E-state index contributed by atoms with van der Waals surface area (Å²) in [5.74, 6) is -1.75. The first-order valence-corrected chi connectivity index (χ1v) is 13.3. The lowest BCUT2D eigenvalue weighted by Gasteiger charge is -2.30. The van der Waals surface area contributed by atoms with Crippen molar-refractivity contribution >= 4 is 38.5 Å². The molecule has 0 saturated carbocycles. The van der Waals surface area contributed by atoms with Crippen LogP contribution in [0.15, 0.2) is 60.7 Å². The summed E-state index contributed by atoms with van der Waals surface area (Å²) in [5, 5.41) is 31.8. The minimum absolute atomic E-state index is 0. The summed E-state index contributed by atoms with van der Waals surface area (Å²) >= 11 is 0. The number of alkyl carbamates (subject to hydrolysis) is 1. The molecule has 11 nitrogen and oxygen atoms in total. The van der Waals surface area contributed by atoms with Gasteiger partial charge in [-0.1, -0.05) is 60.7 Å². The van der Waals surface area contributed by atoms with E-state index in [1.807, 2.05) is 60.7 Å². The topological polar surface area (TPSA) is 158 Å². The molecule has 41 heavy (non-hydrogen) atoms. The summed E-state index contributed by atoms with van der Waals surface area (Å²) in [6, 6.07) is 16.8. The number of carbonyl (C=O) groups is 3. The van der Waals surface area contributed by atoms with Crippen molar-refractivity contribution in [3.63, 3.8) is 0 Å². The number of aliphatic hydroxyl groups excluding tert-OH is 1. The van der Waals surface area contributed by atoms with Gasteiger partial charge in [-0.15, -0.1) is 0 Å². The van der Waals surface area contributed by atoms with Gasteiger partial charge in [-0.3, -0.25) is 9.59 Å². The largest absolute Gasteiger partial charge is 0.475 e. The van der Waals surface area contributed by atoms with E-state index in [-0.39, 0.29) is 26.5 Å². The third-order valence-electron chi connectivity index (χ3n) is 6.48. The lowest BCUT2D eigenvalue weighted by molar-refractivity contribution is -0.140.